The standard InChI is InChI=1S/C27H33N2/c1-7-14-27(6)26(5,8-2)25-20(4)15-19(3)16-22(25)24-17-23(28-18-29(24)27)21-12-10-9-11-13-21/h9-13,15-18H,7-8,14H2,1-6H3/q+1. The molecule has 0 bridgehead atoms. The van der Waals surface area contributed by atoms with Crippen LogP contribution in [-0.2, 0) is 11.0 Å². The van der Waals surface area contributed by atoms with Crippen molar-refractivity contribution in [3.8, 4) is 22.5 Å². The number of rotatable bonds is 4. The van der Waals surface area contributed by atoms with Gasteiger partial charge in [0.05, 0.1) is 0 Å². The van der Waals surface area contributed by atoms with E-state index in [0.29, 0.717) is 0 Å². The zero-order chi connectivity index (χ0) is 20.8. The summed E-state index contributed by atoms with van der Waals surface area (Å²) in [4.78, 5) is 4.92. The maximum Gasteiger partial charge on any atom is 0.287 e. The van der Waals surface area contributed by atoms with Crippen molar-refractivity contribution >= 4 is 0 Å². The molecule has 1 aromatic heterocycles. The fraction of sp³-hybridized carbons (Fsp3) is 0.407. The molecule has 0 amide bonds. The van der Waals surface area contributed by atoms with Crippen molar-refractivity contribution in [1.29, 1.82) is 0 Å². The minimum atomic E-state index is -0.0128. The van der Waals surface area contributed by atoms with E-state index >= 15 is 0 Å². The molecule has 1 aliphatic rings. The first-order valence-corrected chi connectivity index (χ1v) is 11.0. The molecule has 2 unspecified atom stereocenters. The van der Waals surface area contributed by atoms with Gasteiger partial charge in [0.1, 0.15) is 11.2 Å². The molecular weight excluding hydrogens is 352 g/mol. The summed E-state index contributed by atoms with van der Waals surface area (Å²) >= 11 is 0. The molecule has 2 heterocycles. The smallest absolute Gasteiger partial charge is 0.224 e. The second kappa shape index (κ2) is 7.09. The number of benzene rings is 2. The van der Waals surface area contributed by atoms with Crippen LogP contribution < -0.4 is 4.57 Å². The van der Waals surface area contributed by atoms with Crippen molar-refractivity contribution in [2.75, 3.05) is 0 Å². The van der Waals surface area contributed by atoms with Gasteiger partial charge in [-0.25, -0.2) is 4.57 Å². The normalized spacial score (nSPS) is 22.8. The monoisotopic (exact) mass is 385 g/mol. The fourth-order valence-electron chi connectivity index (χ4n) is 5.66. The van der Waals surface area contributed by atoms with Gasteiger partial charge < -0.3 is 0 Å². The Morgan fingerprint density at radius 1 is 0.966 bits per heavy atom. The van der Waals surface area contributed by atoms with Crippen LogP contribution >= 0.6 is 0 Å². The molecule has 4 rings (SSSR count). The lowest BCUT2D eigenvalue weighted by atomic mass is 9.59. The van der Waals surface area contributed by atoms with Gasteiger partial charge in [0.15, 0.2) is 5.69 Å². The van der Waals surface area contributed by atoms with Crippen LogP contribution in [-0.4, -0.2) is 4.98 Å². The quantitative estimate of drug-likeness (QED) is 0.467. The first-order chi connectivity index (χ1) is 13.9. The van der Waals surface area contributed by atoms with E-state index in [1.807, 2.05) is 0 Å². The van der Waals surface area contributed by atoms with Gasteiger partial charge in [0, 0.05) is 22.6 Å². The number of hydrogen-bond donors (Lipinski definition) is 0. The largest absolute Gasteiger partial charge is 0.287 e. The Hall–Kier alpha value is -2.48. The van der Waals surface area contributed by atoms with Crippen molar-refractivity contribution in [2.24, 2.45) is 0 Å². The lowest BCUT2D eigenvalue weighted by Gasteiger charge is -2.49. The summed E-state index contributed by atoms with van der Waals surface area (Å²) in [6.07, 6.45) is 5.49. The lowest BCUT2D eigenvalue weighted by molar-refractivity contribution is -0.768. The second-order valence-corrected chi connectivity index (χ2v) is 9.11. The highest BCUT2D eigenvalue weighted by atomic mass is 15.1. The summed E-state index contributed by atoms with van der Waals surface area (Å²) in [5.74, 6) is 0. The molecule has 0 aliphatic carbocycles. The van der Waals surface area contributed by atoms with Gasteiger partial charge >= 0.3 is 0 Å². The maximum absolute atomic E-state index is 4.92. The predicted octanol–water partition coefficient (Wildman–Crippen LogP) is 6.52. The molecule has 2 aromatic carbocycles. The molecule has 3 aromatic rings. The van der Waals surface area contributed by atoms with Gasteiger partial charge in [-0.1, -0.05) is 69.2 Å². The Kier molecular flexibility index (Phi) is 4.85. The van der Waals surface area contributed by atoms with E-state index in [1.165, 1.54) is 33.5 Å². The first-order valence-electron chi connectivity index (χ1n) is 11.0. The average molecular weight is 386 g/mol. The van der Waals surface area contributed by atoms with Crippen molar-refractivity contribution in [3.05, 3.63) is 71.5 Å². The maximum atomic E-state index is 4.92. The van der Waals surface area contributed by atoms with Gasteiger partial charge in [0.2, 0.25) is 0 Å². The van der Waals surface area contributed by atoms with Gasteiger partial charge in [0.25, 0.3) is 6.33 Å². The van der Waals surface area contributed by atoms with E-state index < -0.39 is 0 Å². The van der Waals surface area contributed by atoms with Gasteiger partial charge in [-0.05, 0) is 55.8 Å². The van der Waals surface area contributed by atoms with Crippen LogP contribution in [0.2, 0.25) is 0 Å². The molecular formula is C27H33N2+. The van der Waals surface area contributed by atoms with Crippen molar-refractivity contribution in [3.63, 3.8) is 0 Å². The summed E-state index contributed by atoms with van der Waals surface area (Å²) in [5.41, 5.74) is 9.18. The summed E-state index contributed by atoms with van der Waals surface area (Å²) < 4.78 is 2.48. The Morgan fingerprint density at radius 2 is 1.69 bits per heavy atom. The van der Waals surface area contributed by atoms with Gasteiger partial charge in [-0.3, -0.25) is 0 Å². The Morgan fingerprint density at radius 3 is 2.34 bits per heavy atom. The first kappa shape index (κ1) is 19.8. The van der Waals surface area contributed by atoms with Crippen LogP contribution in [0.1, 0.15) is 63.6 Å². The van der Waals surface area contributed by atoms with E-state index in [2.05, 4.69) is 101 Å². The number of nitrogens with zero attached hydrogens (tertiary/aromatic N) is 2. The molecule has 0 saturated heterocycles. The van der Waals surface area contributed by atoms with Crippen molar-refractivity contribution in [1.82, 2.24) is 4.98 Å². The minimum absolute atomic E-state index is 0.0128. The van der Waals surface area contributed by atoms with Crippen LogP contribution in [0, 0.1) is 13.8 Å². The molecule has 29 heavy (non-hydrogen) atoms. The minimum Gasteiger partial charge on any atom is -0.224 e. The molecule has 0 radical (unpaired) electrons. The second-order valence-electron chi connectivity index (χ2n) is 9.11. The number of aromatic nitrogens is 2. The zero-order valence-corrected chi connectivity index (χ0v) is 18.7. The summed E-state index contributed by atoms with van der Waals surface area (Å²) in [6.45, 7) is 14.0. The van der Waals surface area contributed by atoms with E-state index in [0.717, 1.165) is 25.0 Å². The predicted molar refractivity (Wildman–Crippen MR) is 121 cm³/mol. The number of aryl methyl sites for hydroxylation is 2. The summed E-state index contributed by atoms with van der Waals surface area (Å²) in [7, 11) is 0. The Bertz CT molecular complexity index is 1050. The number of fused-ring (bicyclic) bond motifs is 3. The third-order valence-corrected chi connectivity index (χ3v) is 7.39. The van der Waals surface area contributed by atoms with Crippen LogP contribution in [0.3, 0.4) is 0 Å². The summed E-state index contributed by atoms with van der Waals surface area (Å²) in [5, 5.41) is 0. The summed E-state index contributed by atoms with van der Waals surface area (Å²) in [6, 6.07) is 17.6. The van der Waals surface area contributed by atoms with Crippen LogP contribution in [0.15, 0.2) is 54.9 Å². The third kappa shape index (κ3) is 2.84. The van der Waals surface area contributed by atoms with Gasteiger partial charge in [-0.2, -0.15) is 0 Å². The topological polar surface area (TPSA) is 16.8 Å². The van der Waals surface area contributed by atoms with Crippen molar-refractivity contribution < 1.29 is 4.57 Å². The van der Waals surface area contributed by atoms with E-state index in [-0.39, 0.29) is 11.0 Å². The SMILES string of the molecule is CCCC1(C)[n+]2cnc(-c3ccccc3)cc2-c2cc(C)cc(C)c2C1(C)CC. The Balaban J connectivity index is 2.08. The lowest BCUT2D eigenvalue weighted by Crippen LogP contribution is -2.68. The van der Waals surface area contributed by atoms with E-state index in [1.54, 1.807) is 0 Å². The van der Waals surface area contributed by atoms with E-state index in [9.17, 15) is 0 Å². The zero-order valence-electron chi connectivity index (χ0n) is 18.7. The third-order valence-electron chi connectivity index (χ3n) is 7.39. The van der Waals surface area contributed by atoms with Crippen LogP contribution in [0.25, 0.3) is 22.5 Å². The molecule has 150 valence electrons. The number of hydrogen-bond acceptors (Lipinski definition) is 1. The molecule has 0 fully saturated rings. The highest BCUT2D eigenvalue weighted by molar-refractivity contribution is 5.72. The average Bonchev–Trinajstić information content (AvgIpc) is 2.72. The highest BCUT2D eigenvalue weighted by Crippen LogP contribution is 2.51. The molecule has 0 spiro atoms. The molecule has 2 nitrogen and oxygen atoms in total. The van der Waals surface area contributed by atoms with Crippen LogP contribution in [0.5, 0.6) is 0 Å². The van der Waals surface area contributed by atoms with Gasteiger partial charge in [-0.15, -0.1) is 0 Å². The fourth-order valence-corrected chi connectivity index (χ4v) is 5.66. The molecule has 2 heteroatoms. The molecule has 2 atom stereocenters. The van der Waals surface area contributed by atoms with E-state index in [4.69, 9.17) is 4.98 Å². The molecule has 0 saturated carbocycles. The molecule has 1 aliphatic heterocycles. The van der Waals surface area contributed by atoms with Crippen LogP contribution in [0.4, 0.5) is 0 Å². The molecule has 0 N–H and O–H groups in total. The van der Waals surface area contributed by atoms with Crippen molar-refractivity contribution in [2.45, 2.75) is 71.8 Å². The highest BCUT2D eigenvalue weighted by Gasteiger charge is 2.54. The Labute approximate surface area is 175 Å².